The molecule has 1 fully saturated rings. The fourth-order valence-corrected chi connectivity index (χ4v) is 3.67. The van der Waals surface area contributed by atoms with Crippen LogP contribution < -0.4 is 5.73 Å². The summed E-state index contributed by atoms with van der Waals surface area (Å²) in [4.78, 5) is 15.1. The van der Waals surface area contributed by atoms with E-state index in [0.29, 0.717) is 42.6 Å². The zero-order chi connectivity index (χ0) is 20.1. The van der Waals surface area contributed by atoms with Crippen LogP contribution in [0.5, 0.6) is 0 Å². The van der Waals surface area contributed by atoms with Crippen molar-refractivity contribution in [1.29, 1.82) is 0 Å². The molecule has 28 heavy (non-hydrogen) atoms. The van der Waals surface area contributed by atoms with Crippen LogP contribution in [0.25, 0.3) is 11.6 Å². The number of morpholine rings is 1. The quantitative estimate of drug-likeness (QED) is 0.532. The van der Waals surface area contributed by atoms with Gasteiger partial charge in [-0.25, -0.2) is 0 Å². The molecule has 0 radical (unpaired) electrons. The average Bonchev–Trinajstić information content (AvgIpc) is 2.70. The van der Waals surface area contributed by atoms with Gasteiger partial charge < -0.3 is 15.4 Å². The highest BCUT2D eigenvalue weighted by molar-refractivity contribution is 9.10. The zero-order valence-electron chi connectivity index (χ0n) is 15.6. The van der Waals surface area contributed by atoms with E-state index >= 15 is 0 Å². The van der Waals surface area contributed by atoms with Gasteiger partial charge in [-0.2, -0.15) is 0 Å². The van der Waals surface area contributed by atoms with Gasteiger partial charge in [0.15, 0.2) is 0 Å². The zero-order valence-corrected chi connectivity index (χ0v) is 18.0. The molecule has 0 saturated carbocycles. The van der Waals surface area contributed by atoms with Gasteiger partial charge in [0.2, 0.25) is 0 Å². The molecule has 2 aromatic carbocycles. The highest BCUT2D eigenvalue weighted by atomic mass is 79.9. The molecule has 0 spiro atoms. The maximum Gasteiger partial charge on any atom is 0.256 e. The summed E-state index contributed by atoms with van der Waals surface area (Å²) in [7, 11) is 0. The molecular formula is C22H22BrClN2O2. The van der Waals surface area contributed by atoms with Crippen molar-refractivity contribution in [2.75, 3.05) is 26.3 Å². The van der Waals surface area contributed by atoms with Gasteiger partial charge in [0.1, 0.15) is 0 Å². The van der Waals surface area contributed by atoms with Crippen molar-refractivity contribution in [3.63, 3.8) is 0 Å². The van der Waals surface area contributed by atoms with Crippen LogP contribution in [0.15, 0.2) is 58.7 Å². The number of hydrogen-bond donors (Lipinski definition) is 1. The van der Waals surface area contributed by atoms with E-state index in [2.05, 4.69) is 15.9 Å². The number of nitrogens with zero attached hydrogens (tertiary/aromatic N) is 1. The first kappa shape index (κ1) is 20.6. The maximum absolute atomic E-state index is 13.3. The third-order valence-corrected chi connectivity index (χ3v) is 5.33. The number of allylic oxidation sites excluding steroid dienone is 1. The summed E-state index contributed by atoms with van der Waals surface area (Å²) in [6.45, 7) is 4.18. The second kappa shape index (κ2) is 9.41. The van der Waals surface area contributed by atoms with Gasteiger partial charge in [-0.15, -0.1) is 0 Å². The van der Waals surface area contributed by atoms with Crippen molar-refractivity contribution in [3.05, 3.63) is 80.4 Å². The van der Waals surface area contributed by atoms with Crippen LogP contribution in [0, 0.1) is 6.92 Å². The number of halogens is 2. The van der Waals surface area contributed by atoms with Gasteiger partial charge in [0, 0.05) is 28.3 Å². The van der Waals surface area contributed by atoms with Gasteiger partial charge in [0.05, 0.1) is 18.8 Å². The van der Waals surface area contributed by atoms with E-state index in [1.54, 1.807) is 11.0 Å². The Morgan fingerprint density at radius 2 is 1.86 bits per heavy atom. The van der Waals surface area contributed by atoms with E-state index in [-0.39, 0.29) is 5.91 Å². The van der Waals surface area contributed by atoms with Crippen LogP contribution in [0.4, 0.5) is 0 Å². The smallest absolute Gasteiger partial charge is 0.256 e. The molecular weight excluding hydrogens is 440 g/mol. The lowest BCUT2D eigenvalue weighted by atomic mass is 9.97. The molecule has 1 saturated heterocycles. The Balaban J connectivity index is 2.01. The third kappa shape index (κ3) is 5.04. The Hall–Kier alpha value is -2.08. The van der Waals surface area contributed by atoms with Gasteiger partial charge >= 0.3 is 0 Å². The minimum absolute atomic E-state index is 0.0769. The predicted molar refractivity (Wildman–Crippen MR) is 118 cm³/mol. The molecule has 0 unspecified atom stereocenters. The van der Waals surface area contributed by atoms with Crippen molar-refractivity contribution < 1.29 is 9.53 Å². The molecule has 0 atom stereocenters. The van der Waals surface area contributed by atoms with Crippen LogP contribution in [0.3, 0.4) is 0 Å². The first-order valence-corrected chi connectivity index (χ1v) is 10.2. The summed E-state index contributed by atoms with van der Waals surface area (Å²) >= 11 is 9.42. The second-order valence-electron chi connectivity index (χ2n) is 6.58. The summed E-state index contributed by atoms with van der Waals surface area (Å²) < 4.78 is 6.34. The standard InChI is InChI=1S/C22H22BrClN2O2/c1-15-14-17(23)5-8-19(15)21(22(27)26-10-12-28-13-11-26)20(25)9-4-16-2-6-18(24)7-3-16/h2-9,14H,10-13,25H2,1H3/b9-4+,21-20+. The first-order valence-electron chi connectivity index (χ1n) is 9.02. The monoisotopic (exact) mass is 460 g/mol. The van der Waals surface area contributed by atoms with Crippen LogP contribution in [0.2, 0.25) is 5.02 Å². The van der Waals surface area contributed by atoms with Crippen molar-refractivity contribution >= 4 is 45.1 Å². The van der Waals surface area contributed by atoms with Gasteiger partial charge in [-0.3, -0.25) is 4.79 Å². The largest absolute Gasteiger partial charge is 0.398 e. The minimum Gasteiger partial charge on any atom is -0.398 e. The van der Waals surface area contributed by atoms with E-state index < -0.39 is 0 Å². The minimum atomic E-state index is -0.0769. The maximum atomic E-state index is 13.3. The van der Waals surface area contributed by atoms with E-state index in [1.807, 2.05) is 55.5 Å². The van der Waals surface area contributed by atoms with Crippen molar-refractivity contribution in [2.24, 2.45) is 5.73 Å². The van der Waals surface area contributed by atoms with E-state index in [1.165, 1.54) is 0 Å². The molecule has 1 amide bonds. The normalized spacial score (nSPS) is 15.6. The lowest BCUT2D eigenvalue weighted by Crippen LogP contribution is -2.41. The average molecular weight is 462 g/mol. The molecule has 6 heteroatoms. The van der Waals surface area contributed by atoms with Crippen molar-refractivity contribution in [3.8, 4) is 0 Å². The number of amides is 1. The van der Waals surface area contributed by atoms with Gasteiger partial charge in [-0.05, 0) is 54.0 Å². The predicted octanol–water partition coefficient (Wildman–Crippen LogP) is 4.65. The Kier molecular flexibility index (Phi) is 6.94. The number of hydrogen-bond acceptors (Lipinski definition) is 3. The highest BCUT2D eigenvalue weighted by Gasteiger charge is 2.24. The summed E-state index contributed by atoms with van der Waals surface area (Å²) in [5.41, 5.74) is 10.1. The molecule has 4 nitrogen and oxygen atoms in total. The van der Waals surface area contributed by atoms with E-state index in [0.717, 1.165) is 21.2 Å². The number of benzene rings is 2. The number of carbonyl (C=O) groups is 1. The lowest BCUT2D eigenvalue weighted by molar-refractivity contribution is -0.128. The first-order chi connectivity index (χ1) is 13.5. The Labute approximate surface area is 178 Å². The van der Waals surface area contributed by atoms with E-state index in [4.69, 9.17) is 22.1 Å². The summed E-state index contributed by atoms with van der Waals surface area (Å²) in [6.07, 6.45) is 3.66. The second-order valence-corrected chi connectivity index (χ2v) is 7.93. The van der Waals surface area contributed by atoms with Crippen molar-refractivity contribution in [1.82, 2.24) is 4.90 Å². The molecule has 1 heterocycles. The molecule has 1 aliphatic rings. The van der Waals surface area contributed by atoms with Gasteiger partial charge in [-0.1, -0.05) is 51.8 Å². The highest BCUT2D eigenvalue weighted by Crippen LogP contribution is 2.27. The van der Waals surface area contributed by atoms with Crippen LogP contribution >= 0.6 is 27.5 Å². The third-order valence-electron chi connectivity index (χ3n) is 4.58. The molecule has 146 valence electrons. The number of nitrogens with two attached hydrogens (primary N) is 1. The number of rotatable bonds is 4. The van der Waals surface area contributed by atoms with Crippen LogP contribution in [-0.4, -0.2) is 37.1 Å². The summed E-state index contributed by atoms with van der Waals surface area (Å²) in [5, 5.41) is 0.675. The Morgan fingerprint density at radius 3 is 2.50 bits per heavy atom. The molecule has 2 aromatic rings. The fraction of sp³-hybridized carbons (Fsp3) is 0.227. The molecule has 0 bridgehead atoms. The number of aryl methyl sites for hydroxylation is 1. The lowest BCUT2D eigenvalue weighted by Gasteiger charge is -2.28. The molecule has 2 N–H and O–H groups in total. The summed E-state index contributed by atoms with van der Waals surface area (Å²) in [5.74, 6) is -0.0769. The summed E-state index contributed by atoms with van der Waals surface area (Å²) in [6, 6.07) is 13.3. The molecule has 0 aromatic heterocycles. The van der Waals surface area contributed by atoms with Crippen LogP contribution in [-0.2, 0) is 9.53 Å². The van der Waals surface area contributed by atoms with E-state index in [9.17, 15) is 4.79 Å². The molecule has 1 aliphatic heterocycles. The topological polar surface area (TPSA) is 55.6 Å². The van der Waals surface area contributed by atoms with Crippen LogP contribution in [0.1, 0.15) is 16.7 Å². The SMILES string of the molecule is Cc1cc(Br)ccc1/C(C(=O)N1CCOCC1)=C(N)/C=C/c1ccc(Cl)cc1. The number of ether oxygens (including phenoxy) is 1. The molecule has 3 rings (SSSR count). The fourth-order valence-electron chi connectivity index (χ4n) is 3.07. The Morgan fingerprint density at radius 1 is 1.18 bits per heavy atom. The Bertz CT molecular complexity index is 917. The number of carbonyl (C=O) groups excluding carboxylic acids is 1. The molecule has 0 aliphatic carbocycles. The van der Waals surface area contributed by atoms with Gasteiger partial charge in [0.25, 0.3) is 5.91 Å². The van der Waals surface area contributed by atoms with Crippen molar-refractivity contribution in [2.45, 2.75) is 6.92 Å².